The lowest BCUT2D eigenvalue weighted by Gasteiger charge is -2.04. The number of rotatable bonds is 3. The zero-order valence-corrected chi connectivity index (χ0v) is 7.44. The highest BCUT2D eigenvalue weighted by atomic mass is 19.1. The maximum atomic E-state index is 13.0. The first-order valence-electron chi connectivity index (χ1n) is 4.16. The molecule has 0 bridgehead atoms. The van der Waals surface area contributed by atoms with Gasteiger partial charge in [-0.25, -0.2) is 4.39 Å². The van der Waals surface area contributed by atoms with Gasteiger partial charge in [-0.3, -0.25) is 0 Å². The molecule has 0 aliphatic carbocycles. The molecule has 1 aromatic carbocycles. The van der Waals surface area contributed by atoms with Gasteiger partial charge in [0.05, 0.1) is 6.07 Å². The van der Waals surface area contributed by atoms with Gasteiger partial charge in [-0.05, 0) is 18.1 Å². The molecular formula is C9H9BFNO2. The summed E-state index contributed by atoms with van der Waals surface area (Å²) in [5, 5.41) is 25.9. The predicted octanol–water partition coefficient (Wildman–Crippen LogP) is -0.0383. The highest BCUT2D eigenvalue weighted by molar-refractivity contribution is 6.58. The van der Waals surface area contributed by atoms with Crippen molar-refractivity contribution in [1.29, 1.82) is 5.26 Å². The van der Waals surface area contributed by atoms with E-state index in [1.807, 2.05) is 6.07 Å². The van der Waals surface area contributed by atoms with Crippen LogP contribution in [0.3, 0.4) is 0 Å². The number of halogens is 1. The number of aryl methyl sites for hydroxylation is 1. The lowest BCUT2D eigenvalue weighted by molar-refractivity contribution is 0.423. The molecule has 1 aromatic rings. The summed E-state index contributed by atoms with van der Waals surface area (Å²) in [7, 11) is -1.81. The first-order valence-corrected chi connectivity index (χ1v) is 4.16. The predicted molar refractivity (Wildman–Crippen MR) is 50.2 cm³/mol. The Morgan fingerprint density at radius 3 is 2.71 bits per heavy atom. The minimum absolute atomic E-state index is 0.152. The van der Waals surface area contributed by atoms with Gasteiger partial charge in [-0.1, -0.05) is 12.1 Å². The van der Waals surface area contributed by atoms with Crippen molar-refractivity contribution in [3.63, 3.8) is 0 Å². The molecule has 0 heterocycles. The van der Waals surface area contributed by atoms with E-state index in [0.717, 1.165) is 5.56 Å². The summed E-state index contributed by atoms with van der Waals surface area (Å²) < 4.78 is 13.0. The van der Waals surface area contributed by atoms with Crippen LogP contribution < -0.4 is 5.46 Å². The second-order valence-corrected chi connectivity index (χ2v) is 2.89. The minimum atomic E-state index is -1.81. The van der Waals surface area contributed by atoms with Crippen LogP contribution in [-0.4, -0.2) is 17.2 Å². The average Bonchev–Trinajstić information content (AvgIpc) is 2.16. The molecule has 14 heavy (non-hydrogen) atoms. The summed E-state index contributed by atoms with van der Waals surface area (Å²) in [6, 6.07) is 6.01. The molecule has 2 N–H and O–H groups in total. The fourth-order valence-electron chi connectivity index (χ4n) is 1.15. The third kappa shape index (κ3) is 2.56. The number of benzene rings is 1. The molecule has 0 fully saturated rings. The Morgan fingerprint density at radius 2 is 2.14 bits per heavy atom. The maximum Gasteiger partial charge on any atom is 0.491 e. The van der Waals surface area contributed by atoms with E-state index in [2.05, 4.69) is 0 Å². The summed E-state index contributed by atoms with van der Waals surface area (Å²) in [4.78, 5) is 0. The highest BCUT2D eigenvalue weighted by Gasteiger charge is 2.16. The zero-order valence-electron chi connectivity index (χ0n) is 7.44. The first kappa shape index (κ1) is 10.7. The molecule has 0 radical (unpaired) electrons. The van der Waals surface area contributed by atoms with Gasteiger partial charge in [-0.15, -0.1) is 0 Å². The fraction of sp³-hybridized carbons (Fsp3) is 0.222. The quantitative estimate of drug-likeness (QED) is 0.662. The van der Waals surface area contributed by atoms with Gasteiger partial charge in [0.15, 0.2) is 0 Å². The summed E-state index contributed by atoms with van der Waals surface area (Å²) in [6.45, 7) is 0. The van der Waals surface area contributed by atoms with Crippen molar-refractivity contribution >= 4 is 12.6 Å². The molecule has 0 saturated heterocycles. The van der Waals surface area contributed by atoms with E-state index >= 15 is 0 Å². The second-order valence-electron chi connectivity index (χ2n) is 2.89. The van der Waals surface area contributed by atoms with E-state index < -0.39 is 12.9 Å². The van der Waals surface area contributed by atoms with Gasteiger partial charge < -0.3 is 10.0 Å². The third-order valence-electron chi connectivity index (χ3n) is 1.86. The molecular weight excluding hydrogens is 184 g/mol. The summed E-state index contributed by atoms with van der Waals surface area (Å²) in [6.07, 6.45) is 0.809. The SMILES string of the molecule is N#CCCc1ccc(F)c(B(O)O)c1. The number of hydrogen-bond acceptors (Lipinski definition) is 3. The van der Waals surface area contributed by atoms with Gasteiger partial charge in [-0.2, -0.15) is 5.26 Å². The Bertz CT molecular complexity index is 362. The Kier molecular flexibility index (Phi) is 3.63. The maximum absolute atomic E-state index is 13.0. The second kappa shape index (κ2) is 4.75. The Balaban J connectivity index is 2.90. The molecule has 0 unspecified atom stereocenters. The lowest BCUT2D eigenvalue weighted by atomic mass is 9.79. The Hall–Kier alpha value is -1.38. The van der Waals surface area contributed by atoms with Crippen molar-refractivity contribution in [2.75, 3.05) is 0 Å². The zero-order chi connectivity index (χ0) is 10.6. The van der Waals surface area contributed by atoms with Crippen molar-refractivity contribution in [1.82, 2.24) is 0 Å². The van der Waals surface area contributed by atoms with Crippen LogP contribution in [-0.2, 0) is 6.42 Å². The van der Waals surface area contributed by atoms with E-state index in [9.17, 15) is 4.39 Å². The van der Waals surface area contributed by atoms with Gasteiger partial charge in [0.2, 0.25) is 0 Å². The molecule has 72 valence electrons. The fourth-order valence-corrected chi connectivity index (χ4v) is 1.15. The molecule has 0 saturated carbocycles. The van der Waals surface area contributed by atoms with Crippen molar-refractivity contribution in [3.05, 3.63) is 29.6 Å². The number of nitrogens with zero attached hydrogens (tertiary/aromatic N) is 1. The van der Waals surface area contributed by atoms with Gasteiger partial charge in [0.1, 0.15) is 5.82 Å². The van der Waals surface area contributed by atoms with E-state index in [-0.39, 0.29) is 5.46 Å². The molecule has 0 aliphatic rings. The molecule has 0 aliphatic heterocycles. The van der Waals surface area contributed by atoms with Crippen molar-refractivity contribution in [3.8, 4) is 6.07 Å². The molecule has 0 spiro atoms. The van der Waals surface area contributed by atoms with Crippen LogP contribution in [0.25, 0.3) is 0 Å². The van der Waals surface area contributed by atoms with Gasteiger partial charge in [0.25, 0.3) is 0 Å². The van der Waals surface area contributed by atoms with Crippen molar-refractivity contribution in [2.24, 2.45) is 0 Å². The third-order valence-corrected chi connectivity index (χ3v) is 1.86. The Labute approximate surface area is 81.6 Å². The monoisotopic (exact) mass is 193 g/mol. The molecule has 0 atom stereocenters. The van der Waals surface area contributed by atoms with Crippen LogP contribution in [0.2, 0.25) is 0 Å². The molecule has 3 nitrogen and oxygen atoms in total. The number of hydrogen-bond donors (Lipinski definition) is 2. The van der Waals surface area contributed by atoms with Crippen molar-refractivity contribution < 1.29 is 14.4 Å². The van der Waals surface area contributed by atoms with Crippen LogP contribution >= 0.6 is 0 Å². The standard InChI is InChI=1S/C9H9BFNO2/c11-9-4-3-7(2-1-5-12)6-8(9)10(13)14/h3-4,6,13-14H,1-2H2. The van der Waals surface area contributed by atoms with Crippen LogP contribution in [0.1, 0.15) is 12.0 Å². The van der Waals surface area contributed by atoms with Crippen LogP contribution in [0.4, 0.5) is 4.39 Å². The number of nitriles is 1. The van der Waals surface area contributed by atoms with E-state index in [0.29, 0.717) is 12.8 Å². The van der Waals surface area contributed by atoms with Crippen LogP contribution in [0, 0.1) is 17.1 Å². The summed E-state index contributed by atoms with van der Waals surface area (Å²) >= 11 is 0. The van der Waals surface area contributed by atoms with Crippen molar-refractivity contribution in [2.45, 2.75) is 12.8 Å². The minimum Gasteiger partial charge on any atom is -0.423 e. The normalized spacial score (nSPS) is 9.57. The average molecular weight is 193 g/mol. The molecule has 0 amide bonds. The van der Waals surface area contributed by atoms with E-state index in [1.54, 1.807) is 0 Å². The largest absolute Gasteiger partial charge is 0.491 e. The van der Waals surface area contributed by atoms with E-state index in [4.69, 9.17) is 15.3 Å². The smallest absolute Gasteiger partial charge is 0.423 e. The summed E-state index contributed by atoms with van der Waals surface area (Å²) in [5.74, 6) is -0.652. The topological polar surface area (TPSA) is 64.2 Å². The highest BCUT2D eigenvalue weighted by Crippen LogP contribution is 2.04. The first-order chi connectivity index (χ1) is 6.65. The molecule has 0 aromatic heterocycles. The van der Waals surface area contributed by atoms with Crippen LogP contribution in [0.15, 0.2) is 18.2 Å². The van der Waals surface area contributed by atoms with Gasteiger partial charge in [0, 0.05) is 11.9 Å². The molecule has 5 heteroatoms. The Morgan fingerprint density at radius 1 is 1.43 bits per heavy atom. The van der Waals surface area contributed by atoms with E-state index in [1.165, 1.54) is 18.2 Å². The summed E-state index contributed by atoms with van der Waals surface area (Å²) in [5.41, 5.74) is 0.566. The van der Waals surface area contributed by atoms with Crippen LogP contribution in [0.5, 0.6) is 0 Å². The van der Waals surface area contributed by atoms with Gasteiger partial charge >= 0.3 is 7.12 Å². The lowest BCUT2D eigenvalue weighted by Crippen LogP contribution is -2.33. The molecule has 1 rings (SSSR count).